The third-order valence-corrected chi connectivity index (χ3v) is 7.74. The highest BCUT2D eigenvalue weighted by atomic mass is 16.3. The van der Waals surface area contributed by atoms with Crippen LogP contribution in [-0.2, 0) is 22.6 Å². The second kappa shape index (κ2) is 12.0. The number of para-hydroxylation sites is 1. The second-order valence-electron chi connectivity index (χ2n) is 10.9. The number of fused-ring (bicyclic) bond motifs is 1. The topological polar surface area (TPSA) is 103 Å². The van der Waals surface area contributed by atoms with E-state index in [1.54, 1.807) is 24.1 Å². The predicted molar refractivity (Wildman–Crippen MR) is 156 cm³/mol. The summed E-state index contributed by atoms with van der Waals surface area (Å²) in [7, 11) is 1.71. The van der Waals surface area contributed by atoms with Gasteiger partial charge in [0.25, 0.3) is 5.91 Å². The Labute approximate surface area is 239 Å². The predicted octanol–water partition coefficient (Wildman–Crippen LogP) is 4.01. The van der Waals surface area contributed by atoms with E-state index >= 15 is 0 Å². The van der Waals surface area contributed by atoms with E-state index in [2.05, 4.69) is 5.32 Å². The molecule has 212 valence electrons. The minimum Gasteiger partial charge on any atom is -0.451 e. The molecule has 0 spiro atoms. The first-order valence-electron chi connectivity index (χ1n) is 13.8. The molecule has 4 aromatic rings. The van der Waals surface area contributed by atoms with Gasteiger partial charge in [-0.15, -0.1) is 0 Å². The van der Waals surface area contributed by atoms with Gasteiger partial charge in [0.15, 0.2) is 5.76 Å². The van der Waals surface area contributed by atoms with Crippen molar-refractivity contribution in [2.75, 3.05) is 13.6 Å². The summed E-state index contributed by atoms with van der Waals surface area (Å²) >= 11 is 0. The first kappa shape index (κ1) is 28.1. The summed E-state index contributed by atoms with van der Waals surface area (Å²) in [6.07, 6.45) is -0.506. The van der Waals surface area contributed by atoms with Crippen molar-refractivity contribution in [1.82, 2.24) is 15.1 Å². The smallest absolute Gasteiger partial charge is 0.290 e. The zero-order valence-electron chi connectivity index (χ0n) is 23.5. The number of nitrogens with zero attached hydrogens (tertiary/aromatic N) is 2. The number of hydrogen-bond acceptors (Lipinski definition) is 5. The average Bonchev–Trinajstić information content (AvgIpc) is 3.58. The quantitative estimate of drug-likeness (QED) is 0.343. The van der Waals surface area contributed by atoms with Crippen LogP contribution < -0.4 is 5.32 Å². The van der Waals surface area contributed by atoms with E-state index in [0.29, 0.717) is 12.1 Å². The van der Waals surface area contributed by atoms with E-state index in [9.17, 15) is 19.5 Å². The van der Waals surface area contributed by atoms with Gasteiger partial charge in [-0.1, -0.05) is 66.7 Å². The highest BCUT2D eigenvalue weighted by Gasteiger charge is 2.41. The average molecular weight is 554 g/mol. The Morgan fingerprint density at radius 2 is 1.71 bits per heavy atom. The minimum absolute atomic E-state index is 0.00234. The molecule has 0 bridgehead atoms. The molecule has 8 nitrogen and oxygen atoms in total. The maximum absolute atomic E-state index is 13.7. The van der Waals surface area contributed by atoms with Gasteiger partial charge in [0.05, 0.1) is 6.10 Å². The van der Waals surface area contributed by atoms with E-state index in [-0.39, 0.29) is 31.1 Å². The molecule has 1 aliphatic rings. The number of aliphatic hydroxyl groups is 1. The number of likely N-dealkylation sites (N-methyl/N-ethyl adjacent to an activating group) is 1. The van der Waals surface area contributed by atoms with Gasteiger partial charge < -0.3 is 24.6 Å². The largest absolute Gasteiger partial charge is 0.451 e. The summed E-state index contributed by atoms with van der Waals surface area (Å²) in [6, 6.07) is 22.7. The molecule has 5 rings (SSSR count). The molecular formula is C33H35N3O5. The Morgan fingerprint density at radius 3 is 2.44 bits per heavy atom. The monoisotopic (exact) mass is 553 g/mol. The van der Waals surface area contributed by atoms with Crippen molar-refractivity contribution in [2.24, 2.45) is 0 Å². The highest BCUT2D eigenvalue weighted by molar-refractivity contribution is 5.99. The molecule has 1 aromatic heterocycles. The van der Waals surface area contributed by atoms with Crippen molar-refractivity contribution in [2.45, 2.75) is 51.4 Å². The van der Waals surface area contributed by atoms with Crippen LogP contribution in [0.5, 0.6) is 0 Å². The lowest BCUT2D eigenvalue weighted by molar-refractivity contribution is -0.136. The molecule has 41 heavy (non-hydrogen) atoms. The van der Waals surface area contributed by atoms with Crippen LogP contribution in [0.15, 0.2) is 83.3 Å². The molecule has 1 fully saturated rings. The number of rotatable bonds is 8. The third kappa shape index (κ3) is 6.33. The number of β-amino-alcohol motifs (C(OH)–C–C–N with tert-alkyl or cyclic N) is 1. The number of carbonyl (C=O) groups excluding carboxylic acids is 3. The molecule has 2 N–H and O–H groups in total. The lowest BCUT2D eigenvalue weighted by atomic mass is 9.99. The number of likely N-dealkylation sites (tertiary alicyclic amines) is 1. The summed E-state index contributed by atoms with van der Waals surface area (Å²) < 4.78 is 5.75. The Bertz CT molecular complexity index is 1530. The number of aryl methyl sites for hydroxylation is 2. The molecular weight excluding hydrogens is 518 g/mol. The van der Waals surface area contributed by atoms with E-state index in [1.807, 2.05) is 80.6 Å². The van der Waals surface area contributed by atoms with Crippen molar-refractivity contribution in [3.63, 3.8) is 0 Å². The van der Waals surface area contributed by atoms with Crippen molar-refractivity contribution < 1.29 is 23.9 Å². The number of nitrogens with one attached hydrogen (secondary N) is 1. The van der Waals surface area contributed by atoms with Crippen LogP contribution in [0.3, 0.4) is 0 Å². The van der Waals surface area contributed by atoms with Crippen molar-refractivity contribution in [1.29, 1.82) is 0 Å². The summed E-state index contributed by atoms with van der Waals surface area (Å²) in [4.78, 5) is 43.8. The molecule has 3 amide bonds. The number of carbonyl (C=O) groups is 3. The lowest BCUT2D eigenvalue weighted by Gasteiger charge is -2.28. The van der Waals surface area contributed by atoms with Gasteiger partial charge in [0, 0.05) is 38.4 Å². The first-order chi connectivity index (χ1) is 19.7. The zero-order chi connectivity index (χ0) is 29.1. The molecule has 2 heterocycles. The number of furan rings is 1. The van der Waals surface area contributed by atoms with E-state index in [4.69, 9.17) is 4.42 Å². The molecule has 8 heteroatoms. The van der Waals surface area contributed by atoms with E-state index in [0.717, 1.165) is 27.6 Å². The molecule has 0 aliphatic carbocycles. The molecule has 3 aromatic carbocycles. The Kier molecular flexibility index (Phi) is 8.21. The van der Waals surface area contributed by atoms with Gasteiger partial charge in [-0.25, -0.2) is 0 Å². The fourth-order valence-corrected chi connectivity index (χ4v) is 5.35. The second-order valence-corrected chi connectivity index (χ2v) is 10.9. The summed E-state index contributed by atoms with van der Waals surface area (Å²) in [5, 5.41) is 14.2. The van der Waals surface area contributed by atoms with Crippen LogP contribution >= 0.6 is 0 Å². The van der Waals surface area contributed by atoms with E-state index < -0.39 is 30.0 Å². The number of hydrogen-bond donors (Lipinski definition) is 2. The number of benzene rings is 3. The summed E-state index contributed by atoms with van der Waals surface area (Å²) in [5.41, 5.74) is 4.69. The first-order valence-corrected chi connectivity index (χ1v) is 13.8. The highest BCUT2D eigenvalue weighted by Crippen LogP contribution is 2.25. The fourth-order valence-electron chi connectivity index (χ4n) is 5.35. The molecule has 1 saturated heterocycles. The molecule has 3 atom stereocenters. The van der Waals surface area contributed by atoms with E-state index in [1.165, 1.54) is 4.90 Å². The maximum atomic E-state index is 13.7. The molecule has 0 radical (unpaired) electrons. The van der Waals surface area contributed by atoms with Gasteiger partial charge in [-0.3, -0.25) is 14.4 Å². The van der Waals surface area contributed by atoms with Crippen LogP contribution in [-0.4, -0.2) is 64.4 Å². The maximum Gasteiger partial charge on any atom is 0.290 e. The van der Waals surface area contributed by atoms with Crippen LogP contribution in [0.2, 0.25) is 0 Å². The van der Waals surface area contributed by atoms with Crippen LogP contribution in [0.4, 0.5) is 0 Å². The lowest BCUT2D eigenvalue weighted by Crippen LogP contribution is -2.54. The Hall–Kier alpha value is -4.43. The summed E-state index contributed by atoms with van der Waals surface area (Å²) in [6.45, 7) is 4.42. The van der Waals surface area contributed by atoms with Gasteiger partial charge >= 0.3 is 0 Å². The number of amides is 3. The van der Waals surface area contributed by atoms with Gasteiger partial charge in [0.2, 0.25) is 11.8 Å². The molecule has 0 saturated carbocycles. The Morgan fingerprint density at radius 1 is 0.976 bits per heavy atom. The van der Waals surface area contributed by atoms with Crippen LogP contribution in [0.1, 0.15) is 39.2 Å². The van der Waals surface area contributed by atoms with Crippen LogP contribution in [0.25, 0.3) is 11.0 Å². The van der Waals surface area contributed by atoms with Crippen LogP contribution in [0, 0.1) is 13.8 Å². The normalized spacial score (nSPS) is 17.4. The standard InChI is InChI=1S/C33H35N3O5/c1-21-13-14-24(15-22(21)2)16-27(32(39)35(3)19-23-9-5-4-6-10-23)34-31(38)28-18-26(37)20-36(28)33(40)30-17-25-11-7-8-12-29(25)41-30/h4-15,17,26-28,37H,16,18-20H2,1-3H3,(H,34,38). The molecule has 3 unspecified atom stereocenters. The van der Waals surface area contributed by atoms with Crippen molar-refractivity contribution in [3.8, 4) is 0 Å². The van der Waals surface area contributed by atoms with Gasteiger partial charge in [-0.05, 0) is 48.2 Å². The van der Waals surface area contributed by atoms with Crippen molar-refractivity contribution in [3.05, 3.63) is 107 Å². The Balaban J connectivity index is 1.37. The van der Waals surface area contributed by atoms with Gasteiger partial charge in [-0.2, -0.15) is 0 Å². The molecule has 1 aliphatic heterocycles. The SMILES string of the molecule is Cc1ccc(CC(NC(=O)C2CC(O)CN2C(=O)c2cc3ccccc3o2)C(=O)N(C)Cc2ccccc2)cc1C. The van der Waals surface area contributed by atoms with Crippen molar-refractivity contribution >= 4 is 28.7 Å². The van der Waals surface area contributed by atoms with Gasteiger partial charge in [0.1, 0.15) is 17.7 Å². The summed E-state index contributed by atoms with van der Waals surface area (Å²) in [5.74, 6) is -1.10. The zero-order valence-corrected chi connectivity index (χ0v) is 23.5. The number of aliphatic hydroxyl groups excluding tert-OH is 1. The third-order valence-electron chi connectivity index (χ3n) is 7.74. The fraction of sp³-hybridized carbons (Fsp3) is 0.303. The minimum atomic E-state index is -0.944.